The van der Waals surface area contributed by atoms with Crippen LogP contribution in [0.25, 0.3) is 0 Å². The highest BCUT2D eigenvalue weighted by Gasteiger charge is 2.32. The van der Waals surface area contributed by atoms with Crippen LogP contribution in [0.15, 0.2) is 40.2 Å². The van der Waals surface area contributed by atoms with Gasteiger partial charge in [-0.25, -0.2) is 0 Å². The lowest BCUT2D eigenvalue weighted by atomic mass is 10.2. The number of nitrogens with one attached hydrogen (secondary N) is 1. The number of hydrogen-bond acceptors (Lipinski definition) is 4. The number of rotatable bonds is 5. The number of hydrogen-bond donors (Lipinski definition) is 1. The molecule has 3 unspecified atom stereocenters. The molecule has 3 heterocycles. The highest BCUT2D eigenvalue weighted by atomic mass is 32.2. The number of ether oxygens (including phenoxy) is 1. The van der Waals surface area contributed by atoms with Gasteiger partial charge in [0.15, 0.2) is 5.96 Å². The monoisotopic (exact) mass is 388 g/mol. The first-order valence-corrected chi connectivity index (χ1v) is 11.3. The Morgan fingerprint density at radius 1 is 1.22 bits per heavy atom. The van der Waals surface area contributed by atoms with E-state index in [1.807, 2.05) is 18.8 Å². The average Bonchev–Trinajstić information content (AvgIpc) is 3.37. The van der Waals surface area contributed by atoms with Crippen molar-refractivity contribution in [3.8, 4) is 0 Å². The standard InChI is InChI=1S/C21H32N4OS/c1-22-21(23-12-19-14-24-10-5-6-18(24)15-26-19)25-11-9-17(13-25)16-27-20-7-3-2-4-8-20/h2-4,7-8,17-19H,5-6,9-16H2,1H3,(H,22,23). The summed E-state index contributed by atoms with van der Waals surface area (Å²) in [4.78, 5) is 10.9. The second kappa shape index (κ2) is 9.30. The minimum atomic E-state index is 0.281. The molecule has 4 rings (SSSR count). The number of fused-ring (bicyclic) bond motifs is 1. The normalized spacial score (nSPS) is 29.1. The van der Waals surface area contributed by atoms with Crippen LogP contribution in [0, 0.1) is 5.92 Å². The lowest BCUT2D eigenvalue weighted by molar-refractivity contribution is -0.0454. The smallest absolute Gasteiger partial charge is 0.193 e. The summed E-state index contributed by atoms with van der Waals surface area (Å²) in [5.74, 6) is 2.94. The van der Waals surface area contributed by atoms with Gasteiger partial charge in [0.2, 0.25) is 0 Å². The van der Waals surface area contributed by atoms with E-state index in [9.17, 15) is 0 Å². The predicted molar refractivity (Wildman–Crippen MR) is 113 cm³/mol. The molecule has 5 nitrogen and oxygen atoms in total. The molecule has 0 amide bonds. The number of nitrogens with zero attached hydrogens (tertiary/aromatic N) is 3. The maximum Gasteiger partial charge on any atom is 0.193 e. The lowest BCUT2D eigenvalue weighted by Crippen LogP contribution is -2.51. The van der Waals surface area contributed by atoms with Gasteiger partial charge < -0.3 is 15.0 Å². The van der Waals surface area contributed by atoms with E-state index in [4.69, 9.17) is 4.74 Å². The van der Waals surface area contributed by atoms with Gasteiger partial charge in [-0.15, -0.1) is 11.8 Å². The molecule has 1 N–H and O–H groups in total. The van der Waals surface area contributed by atoms with Gasteiger partial charge in [-0.05, 0) is 43.9 Å². The van der Waals surface area contributed by atoms with Crippen LogP contribution in [0.1, 0.15) is 19.3 Å². The third kappa shape index (κ3) is 4.98. The average molecular weight is 389 g/mol. The maximum absolute atomic E-state index is 6.08. The molecular weight excluding hydrogens is 356 g/mol. The number of morpholine rings is 1. The van der Waals surface area contributed by atoms with Crippen LogP contribution in [-0.2, 0) is 4.74 Å². The summed E-state index contributed by atoms with van der Waals surface area (Å²) < 4.78 is 6.08. The maximum atomic E-state index is 6.08. The molecule has 0 saturated carbocycles. The van der Waals surface area contributed by atoms with Gasteiger partial charge in [0.25, 0.3) is 0 Å². The highest BCUT2D eigenvalue weighted by Crippen LogP contribution is 2.26. The summed E-state index contributed by atoms with van der Waals surface area (Å²) in [7, 11) is 1.90. The van der Waals surface area contributed by atoms with Crippen LogP contribution >= 0.6 is 11.8 Å². The summed E-state index contributed by atoms with van der Waals surface area (Å²) in [6, 6.07) is 11.4. The number of benzene rings is 1. The minimum Gasteiger partial charge on any atom is -0.373 e. The van der Waals surface area contributed by atoms with Gasteiger partial charge in [-0.2, -0.15) is 0 Å². The summed E-state index contributed by atoms with van der Waals surface area (Å²) in [6.45, 7) is 6.25. The zero-order valence-electron chi connectivity index (χ0n) is 16.3. The molecule has 0 aromatic heterocycles. The molecule has 148 valence electrons. The topological polar surface area (TPSA) is 40.1 Å². The summed E-state index contributed by atoms with van der Waals surface area (Å²) >= 11 is 1.97. The Kier molecular flexibility index (Phi) is 6.58. The molecule has 1 aromatic rings. The Labute approximate surface area is 167 Å². The minimum absolute atomic E-state index is 0.281. The first-order valence-electron chi connectivity index (χ1n) is 10.3. The molecule has 0 spiro atoms. The van der Waals surface area contributed by atoms with Gasteiger partial charge >= 0.3 is 0 Å². The van der Waals surface area contributed by atoms with Crippen LogP contribution in [0.3, 0.4) is 0 Å². The third-order valence-corrected chi connectivity index (χ3v) is 7.22. The molecule has 6 heteroatoms. The number of guanidine groups is 1. The van der Waals surface area contributed by atoms with Crippen LogP contribution in [0.2, 0.25) is 0 Å². The Morgan fingerprint density at radius 3 is 2.96 bits per heavy atom. The first-order chi connectivity index (χ1) is 13.3. The van der Waals surface area contributed by atoms with E-state index >= 15 is 0 Å². The molecular formula is C21H32N4OS. The molecule has 3 atom stereocenters. The van der Waals surface area contributed by atoms with Crippen molar-refractivity contribution in [2.24, 2.45) is 10.9 Å². The van der Waals surface area contributed by atoms with E-state index < -0.39 is 0 Å². The molecule has 1 aromatic carbocycles. The van der Waals surface area contributed by atoms with E-state index in [2.05, 4.69) is 50.4 Å². The van der Waals surface area contributed by atoms with Crippen molar-refractivity contribution in [1.29, 1.82) is 0 Å². The van der Waals surface area contributed by atoms with Crippen molar-refractivity contribution in [2.45, 2.75) is 36.3 Å². The van der Waals surface area contributed by atoms with Gasteiger partial charge in [0.05, 0.1) is 12.7 Å². The molecule has 3 fully saturated rings. The van der Waals surface area contributed by atoms with Crippen molar-refractivity contribution in [1.82, 2.24) is 15.1 Å². The summed E-state index contributed by atoms with van der Waals surface area (Å²) in [6.07, 6.45) is 4.16. The van der Waals surface area contributed by atoms with E-state index in [1.165, 1.54) is 36.5 Å². The molecule has 0 radical (unpaired) electrons. The zero-order chi connectivity index (χ0) is 18.5. The predicted octanol–water partition coefficient (Wildman–Crippen LogP) is 2.54. The number of likely N-dealkylation sites (tertiary alicyclic amines) is 1. The lowest BCUT2D eigenvalue weighted by Gasteiger charge is -2.35. The fourth-order valence-electron chi connectivity index (χ4n) is 4.44. The summed E-state index contributed by atoms with van der Waals surface area (Å²) in [5.41, 5.74) is 0. The van der Waals surface area contributed by atoms with E-state index in [0.717, 1.165) is 44.7 Å². The van der Waals surface area contributed by atoms with Gasteiger partial charge in [0.1, 0.15) is 0 Å². The fourth-order valence-corrected chi connectivity index (χ4v) is 5.49. The van der Waals surface area contributed by atoms with Gasteiger partial charge in [-0.3, -0.25) is 9.89 Å². The van der Waals surface area contributed by atoms with Gasteiger partial charge in [0, 0.05) is 49.9 Å². The largest absolute Gasteiger partial charge is 0.373 e. The van der Waals surface area contributed by atoms with Crippen molar-refractivity contribution in [3.63, 3.8) is 0 Å². The van der Waals surface area contributed by atoms with Crippen molar-refractivity contribution in [3.05, 3.63) is 30.3 Å². The molecule has 27 heavy (non-hydrogen) atoms. The second-order valence-electron chi connectivity index (χ2n) is 7.90. The van der Waals surface area contributed by atoms with E-state index in [1.54, 1.807) is 0 Å². The highest BCUT2D eigenvalue weighted by molar-refractivity contribution is 7.99. The Morgan fingerprint density at radius 2 is 2.11 bits per heavy atom. The SMILES string of the molecule is CN=C(NCC1CN2CCCC2CO1)N1CCC(CSc2ccccc2)C1. The second-order valence-corrected chi connectivity index (χ2v) is 8.99. The van der Waals surface area contributed by atoms with Crippen molar-refractivity contribution < 1.29 is 4.74 Å². The van der Waals surface area contributed by atoms with Crippen LogP contribution in [-0.4, -0.2) is 80.0 Å². The van der Waals surface area contributed by atoms with Gasteiger partial charge in [-0.1, -0.05) is 18.2 Å². The third-order valence-electron chi connectivity index (χ3n) is 5.98. The molecule has 3 aliphatic heterocycles. The first kappa shape index (κ1) is 19.1. The van der Waals surface area contributed by atoms with Crippen molar-refractivity contribution in [2.75, 3.05) is 52.1 Å². The van der Waals surface area contributed by atoms with Crippen molar-refractivity contribution >= 4 is 17.7 Å². The number of thioether (sulfide) groups is 1. The van der Waals surface area contributed by atoms with Crippen LogP contribution < -0.4 is 5.32 Å². The van der Waals surface area contributed by atoms with Crippen LogP contribution in [0.5, 0.6) is 0 Å². The Balaban J connectivity index is 1.20. The Hall–Kier alpha value is -1.24. The zero-order valence-corrected chi connectivity index (χ0v) is 17.2. The van der Waals surface area contributed by atoms with E-state index in [0.29, 0.717) is 6.04 Å². The molecule has 0 bridgehead atoms. The quantitative estimate of drug-likeness (QED) is 0.477. The molecule has 3 saturated heterocycles. The Bertz CT molecular complexity index is 626. The summed E-state index contributed by atoms with van der Waals surface area (Å²) in [5, 5.41) is 3.57. The van der Waals surface area contributed by atoms with Crippen LogP contribution in [0.4, 0.5) is 0 Å². The van der Waals surface area contributed by atoms with E-state index in [-0.39, 0.29) is 6.10 Å². The molecule has 0 aliphatic carbocycles. The fraction of sp³-hybridized carbons (Fsp3) is 0.667. The number of aliphatic imine (C=N–C) groups is 1. The molecule has 3 aliphatic rings.